The molecule has 0 saturated carbocycles. The molecule has 0 bridgehead atoms. The number of benzene rings is 1. The fourth-order valence-electron chi connectivity index (χ4n) is 4.57. The topological polar surface area (TPSA) is 65.1 Å². The van der Waals surface area contributed by atoms with Crippen LogP contribution in [0.25, 0.3) is 0 Å². The Morgan fingerprint density at radius 2 is 1.77 bits per heavy atom. The average molecular weight is 504 g/mol. The van der Waals surface area contributed by atoms with Gasteiger partial charge in [-0.2, -0.15) is 26.3 Å². The number of hydrogen-bond donors (Lipinski definition) is 0. The number of halogens is 6. The Kier molecular flexibility index (Phi) is 6.27. The first-order valence-electron chi connectivity index (χ1n) is 10.9. The lowest BCUT2D eigenvalue weighted by molar-refractivity contribution is -0.143. The first-order valence-corrected chi connectivity index (χ1v) is 10.9. The van der Waals surface area contributed by atoms with Crippen molar-refractivity contribution in [3.8, 4) is 0 Å². The number of ether oxygens (including phenoxy) is 3. The van der Waals surface area contributed by atoms with Crippen molar-refractivity contribution in [2.45, 2.75) is 62.8 Å². The molecule has 2 aliphatic heterocycles. The maximum atomic E-state index is 13.1. The number of carbonyl (C=O) groups excluding carboxylic acids is 2. The molecule has 0 unspecified atom stereocenters. The highest BCUT2D eigenvalue weighted by Gasteiger charge is 2.61. The molecule has 0 radical (unpaired) electrons. The van der Waals surface area contributed by atoms with E-state index in [0.717, 1.165) is 0 Å². The van der Waals surface area contributed by atoms with Gasteiger partial charge in [0.2, 0.25) is 0 Å². The van der Waals surface area contributed by atoms with Crippen molar-refractivity contribution in [3.63, 3.8) is 0 Å². The standard InChI is InChI=1S/C24H22F6O5/c1-12-17-6-5-13(4-3-7-22(2)19(35-22)18(17)34-20(12)31)11-33-21(32)14-8-15(23(25,26)27)10-16(9-14)24(28,29)30/h4,8-10,17-19H,1,3,5-7,11H2,2H3/t17-,18-,19+,22+/m0/s1. The van der Waals surface area contributed by atoms with Crippen LogP contribution in [0, 0.1) is 5.92 Å². The maximum absolute atomic E-state index is 13.1. The first kappa shape index (κ1) is 25.3. The van der Waals surface area contributed by atoms with Gasteiger partial charge in [0.1, 0.15) is 18.8 Å². The zero-order chi connectivity index (χ0) is 25.8. The second-order valence-corrected chi connectivity index (χ2v) is 9.16. The molecule has 0 spiro atoms. The van der Waals surface area contributed by atoms with Crippen LogP contribution in [0.1, 0.15) is 54.1 Å². The van der Waals surface area contributed by atoms with Gasteiger partial charge >= 0.3 is 24.3 Å². The minimum absolute atomic E-state index is 0.0529. The van der Waals surface area contributed by atoms with Gasteiger partial charge in [-0.25, -0.2) is 9.59 Å². The van der Waals surface area contributed by atoms with Crippen molar-refractivity contribution in [2.24, 2.45) is 5.92 Å². The summed E-state index contributed by atoms with van der Waals surface area (Å²) in [5.74, 6) is -2.12. The summed E-state index contributed by atoms with van der Waals surface area (Å²) in [5.41, 5.74) is -3.60. The van der Waals surface area contributed by atoms with E-state index in [9.17, 15) is 35.9 Å². The summed E-state index contributed by atoms with van der Waals surface area (Å²) in [7, 11) is 0. The molecule has 4 atom stereocenters. The lowest BCUT2D eigenvalue weighted by atomic mass is 9.84. The van der Waals surface area contributed by atoms with Crippen LogP contribution >= 0.6 is 0 Å². The quantitative estimate of drug-likeness (QED) is 0.175. The molecule has 0 N–H and O–H groups in total. The molecule has 0 amide bonds. The number of alkyl halides is 6. The number of esters is 2. The van der Waals surface area contributed by atoms with E-state index >= 15 is 0 Å². The smallest absolute Gasteiger partial charge is 0.416 e. The van der Waals surface area contributed by atoms with Crippen molar-refractivity contribution < 1.29 is 50.1 Å². The van der Waals surface area contributed by atoms with Gasteiger partial charge in [-0.05, 0) is 56.4 Å². The SMILES string of the molecule is C=C1C(=O)O[C@@H]2[C@H]3O[C@]3(C)CCC=C(COC(=O)c3cc(C(F)(F)F)cc(C(F)(F)F)c3)CC[C@@H]12. The van der Waals surface area contributed by atoms with Crippen LogP contribution in [0.3, 0.4) is 0 Å². The number of allylic oxidation sites excluding steroid dienone is 1. The van der Waals surface area contributed by atoms with Crippen LogP contribution in [-0.4, -0.2) is 36.4 Å². The molecule has 1 aromatic carbocycles. The first-order chi connectivity index (χ1) is 16.2. The van der Waals surface area contributed by atoms with E-state index < -0.39 is 52.7 Å². The largest absolute Gasteiger partial charge is 0.458 e. The van der Waals surface area contributed by atoms with E-state index in [2.05, 4.69) is 6.58 Å². The molecule has 35 heavy (non-hydrogen) atoms. The summed E-state index contributed by atoms with van der Waals surface area (Å²) >= 11 is 0. The molecule has 190 valence electrons. The van der Waals surface area contributed by atoms with Crippen molar-refractivity contribution >= 4 is 11.9 Å². The highest BCUT2D eigenvalue weighted by atomic mass is 19.4. The third-order valence-corrected chi connectivity index (χ3v) is 6.65. The third kappa shape index (κ3) is 5.24. The minimum atomic E-state index is -5.08. The van der Waals surface area contributed by atoms with Crippen molar-refractivity contribution in [2.75, 3.05) is 6.61 Å². The van der Waals surface area contributed by atoms with Crippen molar-refractivity contribution in [3.05, 3.63) is 58.7 Å². The fraction of sp³-hybridized carbons (Fsp3) is 0.500. The van der Waals surface area contributed by atoms with E-state index in [1.807, 2.05) is 13.0 Å². The van der Waals surface area contributed by atoms with Gasteiger partial charge in [0, 0.05) is 11.5 Å². The normalized spacial score (nSPS) is 29.0. The molecular formula is C24H22F6O5. The highest BCUT2D eigenvalue weighted by molar-refractivity contribution is 5.91. The summed E-state index contributed by atoms with van der Waals surface area (Å²) in [4.78, 5) is 24.5. The van der Waals surface area contributed by atoms with Crippen LogP contribution in [-0.2, 0) is 31.4 Å². The van der Waals surface area contributed by atoms with Gasteiger partial charge in [0.15, 0.2) is 0 Å². The molecule has 1 aromatic rings. The molecule has 1 aliphatic carbocycles. The van der Waals surface area contributed by atoms with E-state index in [1.54, 1.807) is 0 Å². The Bertz CT molecular complexity index is 1060. The molecule has 4 rings (SSSR count). The van der Waals surface area contributed by atoms with Crippen LogP contribution < -0.4 is 0 Å². The van der Waals surface area contributed by atoms with Crippen LogP contribution in [0.5, 0.6) is 0 Å². The maximum Gasteiger partial charge on any atom is 0.416 e. The van der Waals surface area contributed by atoms with Gasteiger partial charge in [-0.1, -0.05) is 12.7 Å². The zero-order valence-electron chi connectivity index (χ0n) is 18.6. The number of epoxide rings is 1. The van der Waals surface area contributed by atoms with Gasteiger partial charge < -0.3 is 14.2 Å². The second kappa shape index (κ2) is 8.69. The fourth-order valence-corrected chi connectivity index (χ4v) is 4.57. The molecule has 3 aliphatic rings. The van der Waals surface area contributed by atoms with E-state index in [-0.39, 0.29) is 24.7 Å². The monoisotopic (exact) mass is 504 g/mol. The Morgan fingerprint density at radius 3 is 2.37 bits per heavy atom. The lowest BCUT2D eigenvalue weighted by Gasteiger charge is -2.20. The number of fused-ring (bicyclic) bond motifs is 3. The Labute approximate surface area is 196 Å². The summed E-state index contributed by atoms with van der Waals surface area (Å²) in [6.07, 6.45) is -7.15. The summed E-state index contributed by atoms with van der Waals surface area (Å²) in [6.45, 7) is 5.37. The predicted molar refractivity (Wildman–Crippen MR) is 109 cm³/mol. The van der Waals surface area contributed by atoms with Crippen LogP contribution in [0.4, 0.5) is 26.3 Å². The minimum Gasteiger partial charge on any atom is -0.458 e. The lowest BCUT2D eigenvalue weighted by Crippen LogP contribution is -2.29. The second-order valence-electron chi connectivity index (χ2n) is 9.16. The summed E-state index contributed by atoms with van der Waals surface area (Å²) < 4.78 is 94.8. The number of carbonyl (C=O) groups is 2. The average Bonchev–Trinajstić information content (AvgIpc) is 3.35. The predicted octanol–water partition coefficient (Wildman–Crippen LogP) is 5.64. The molecule has 2 fully saturated rings. The number of hydrogen-bond acceptors (Lipinski definition) is 5. The Hall–Kier alpha value is -2.82. The van der Waals surface area contributed by atoms with Gasteiger partial charge in [-0.3, -0.25) is 0 Å². The third-order valence-electron chi connectivity index (χ3n) is 6.65. The molecule has 0 aromatic heterocycles. The molecule has 11 heteroatoms. The van der Waals surface area contributed by atoms with E-state index in [0.29, 0.717) is 49.0 Å². The Balaban J connectivity index is 1.50. The van der Waals surface area contributed by atoms with Gasteiger partial charge in [-0.15, -0.1) is 0 Å². The van der Waals surface area contributed by atoms with Gasteiger partial charge in [0.25, 0.3) is 0 Å². The van der Waals surface area contributed by atoms with E-state index in [1.165, 1.54) is 0 Å². The van der Waals surface area contributed by atoms with Crippen LogP contribution in [0.2, 0.25) is 0 Å². The molecule has 5 nitrogen and oxygen atoms in total. The zero-order valence-corrected chi connectivity index (χ0v) is 18.6. The van der Waals surface area contributed by atoms with Gasteiger partial charge in [0.05, 0.1) is 22.3 Å². The molecule has 2 heterocycles. The summed E-state index contributed by atoms with van der Waals surface area (Å²) in [5, 5.41) is 0. The highest BCUT2D eigenvalue weighted by Crippen LogP contribution is 2.49. The van der Waals surface area contributed by atoms with Crippen LogP contribution in [0.15, 0.2) is 42.0 Å². The Morgan fingerprint density at radius 1 is 1.14 bits per heavy atom. The van der Waals surface area contributed by atoms with Crippen molar-refractivity contribution in [1.29, 1.82) is 0 Å². The molecule has 2 saturated heterocycles. The van der Waals surface area contributed by atoms with E-state index in [4.69, 9.17) is 14.2 Å². The number of rotatable bonds is 3. The molecular weight excluding hydrogens is 482 g/mol. The van der Waals surface area contributed by atoms with Crippen molar-refractivity contribution in [1.82, 2.24) is 0 Å². The summed E-state index contributed by atoms with van der Waals surface area (Å²) in [6, 6.07) is 0.615.